The lowest BCUT2D eigenvalue weighted by molar-refractivity contribution is -0.163. The number of benzene rings is 1. The third kappa shape index (κ3) is 13.7. The summed E-state index contributed by atoms with van der Waals surface area (Å²) >= 11 is 1.16. The molecule has 0 spiro atoms. The topological polar surface area (TPSA) is 365 Å². The van der Waals surface area contributed by atoms with Gasteiger partial charge in [-0.15, -0.1) is 11.3 Å². The Bertz CT molecular complexity index is 3070. The van der Waals surface area contributed by atoms with Crippen molar-refractivity contribution in [3.63, 3.8) is 0 Å². The number of unbranched alkanes of at least 4 members (excludes halogenated alkanes) is 1. The molecule has 5 aliphatic rings. The number of ether oxygens (including phenoxy) is 3. The van der Waals surface area contributed by atoms with Gasteiger partial charge in [-0.2, -0.15) is 5.26 Å². The normalized spacial score (nSPS) is 29.6. The van der Waals surface area contributed by atoms with E-state index in [0.29, 0.717) is 89.9 Å². The molecule has 7 rings (SSSR count). The van der Waals surface area contributed by atoms with Crippen molar-refractivity contribution in [2.24, 2.45) is 63.2 Å². The highest BCUT2D eigenvalue weighted by Gasteiger charge is 2.78. The van der Waals surface area contributed by atoms with Crippen LogP contribution in [-0.4, -0.2) is 155 Å². The molecule has 11 atom stereocenters. The second-order valence-electron chi connectivity index (χ2n) is 27.2. The average molecular weight is 1230 g/mol. The first-order valence-electron chi connectivity index (χ1n) is 31.1. The minimum absolute atomic E-state index is 0.0612. The number of nitriles is 1. The van der Waals surface area contributed by atoms with E-state index in [0.717, 1.165) is 37.0 Å². The molecule has 2 aromatic rings. The van der Waals surface area contributed by atoms with Crippen LogP contribution >= 0.6 is 11.3 Å². The molecule has 1 aromatic heterocycles. The average Bonchev–Trinajstić information content (AvgIpc) is 1.65. The van der Waals surface area contributed by atoms with Gasteiger partial charge in [0, 0.05) is 114 Å². The van der Waals surface area contributed by atoms with Crippen LogP contribution in [0.4, 0.5) is 4.79 Å². The lowest BCUT2D eigenvalue weighted by Gasteiger charge is -2.75. The molecule has 22 nitrogen and oxygen atoms in total. The van der Waals surface area contributed by atoms with Crippen LogP contribution in [-0.2, 0) is 38.2 Å². The summed E-state index contributed by atoms with van der Waals surface area (Å²) in [6, 6.07) is 5.78. The van der Waals surface area contributed by atoms with Crippen molar-refractivity contribution in [1.29, 1.82) is 5.26 Å². The Hall–Kier alpha value is -5.71. The van der Waals surface area contributed by atoms with Crippen LogP contribution in [0.2, 0.25) is 0 Å². The van der Waals surface area contributed by atoms with Gasteiger partial charge in [-0.3, -0.25) is 24.0 Å². The van der Waals surface area contributed by atoms with Gasteiger partial charge in [-0.05, 0) is 134 Å². The van der Waals surface area contributed by atoms with Gasteiger partial charge in [0.2, 0.25) is 17.7 Å². The van der Waals surface area contributed by atoms with Gasteiger partial charge in [0.15, 0.2) is 16.6 Å². The fourth-order valence-electron chi connectivity index (χ4n) is 15.9. The van der Waals surface area contributed by atoms with Crippen molar-refractivity contribution < 1.29 is 52.9 Å². The summed E-state index contributed by atoms with van der Waals surface area (Å²) < 4.78 is 17.8. The predicted octanol–water partition coefficient (Wildman–Crippen LogP) is 5.90. The van der Waals surface area contributed by atoms with E-state index in [-0.39, 0.29) is 135 Å². The zero-order valence-corrected chi connectivity index (χ0v) is 53.8. The van der Waals surface area contributed by atoms with Crippen molar-refractivity contribution in [3.05, 3.63) is 45.5 Å². The fraction of sp³-hybridized carbons (Fsp3) is 0.703. The quantitative estimate of drug-likeness (QED) is 0.0381. The Morgan fingerprint density at radius 1 is 0.851 bits per heavy atom. The number of likely N-dealkylation sites (N-methyl/N-ethyl adjacent to an activating group) is 1. The van der Waals surface area contributed by atoms with Crippen LogP contribution in [0.5, 0.6) is 5.75 Å². The molecule has 4 saturated carbocycles. The molecular formula is C64H97N11O11S. The maximum Gasteiger partial charge on any atom is 0.415 e. The summed E-state index contributed by atoms with van der Waals surface area (Å²) in [4.78, 5) is 99.0. The predicted molar refractivity (Wildman–Crippen MR) is 332 cm³/mol. The molecule has 1 unspecified atom stereocenters. The van der Waals surface area contributed by atoms with Crippen LogP contribution in [0.3, 0.4) is 0 Å². The Labute approximate surface area is 516 Å². The highest BCUT2D eigenvalue weighted by molar-refractivity contribution is 7.19. The first-order chi connectivity index (χ1) is 40.7. The van der Waals surface area contributed by atoms with Crippen molar-refractivity contribution in [1.82, 2.24) is 25.4 Å². The molecule has 480 valence electrons. The van der Waals surface area contributed by atoms with Crippen LogP contribution in [0.1, 0.15) is 164 Å². The van der Waals surface area contributed by atoms with Crippen LogP contribution in [0, 0.1) is 45.8 Å². The SMILES string of the molecule is CC1=C(C)C(=O)C(C(C)(C)CC(=O)N(C)CCN(CCOCCOCCC(=O)NCCCCC(NC(=O)CC[C@@H](C)[C@@]2(N)CC[C@]3(N)[C@@H]2[C@@H](C)C[C@]2(N)[C@@]4(C)CC[C@@H](C)C[C@@]4(N)CC[C@]23N)C(=O)O)C(=O)Oc2ccc3nc(C#N)sc3c2)=C(C)C1=O. The molecule has 23 heteroatoms. The van der Waals surface area contributed by atoms with Gasteiger partial charge in [-0.25, -0.2) is 14.6 Å². The number of rotatable bonds is 27. The summed E-state index contributed by atoms with van der Waals surface area (Å²) in [7, 11) is 1.60. The third-order valence-electron chi connectivity index (χ3n) is 21.3. The van der Waals surface area contributed by atoms with Crippen LogP contribution in [0.15, 0.2) is 40.5 Å². The number of carboxylic acid groups (broad SMARTS) is 1. The second kappa shape index (κ2) is 27.2. The molecule has 13 N–H and O–H groups in total. The maximum absolute atomic E-state index is 13.7. The molecule has 1 aromatic carbocycles. The molecular weight excluding hydrogens is 1130 g/mol. The number of carbonyl (C=O) groups excluding carboxylic acids is 6. The lowest BCUT2D eigenvalue weighted by Crippen LogP contribution is -2.92. The molecule has 5 aliphatic carbocycles. The van der Waals surface area contributed by atoms with E-state index >= 15 is 0 Å². The first-order valence-corrected chi connectivity index (χ1v) is 31.9. The number of ketones is 2. The van der Waals surface area contributed by atoms with Crippen molar-refractivity contribution in [2.75, 3.05) is 59.7 Å². The van der Waals surface area contributed by atoms with Crippen molar-refractivity contribution in [2.45, 2.75) is 192 Å². The molecule has 1 heterocycles. The summed E-state index contributed by atoms with van der Waals surface area (Å²) in [5, 5.41) is 25.2. The number of nitrogens with one attached hydrogen (secondary N) is 2. The molecule has 0 bridgehead atoms. The number of hydrogen-bond donors (Lipinski definition) is 8. The van der Waals surface area contributed by atoms with Gasteiger partial charge in [0.25, 0.3) is 0 Å². The van der Waals surface area contributed by atoms with E-state index in [4.69, 9.17) is 42.9 Å². The number of hydrogen-bond acceptors (Lipinski definition) is 18. The minimum Gasteiger partial charge on any atom is -0.480 e. The summed E-state index contributed by atoms with van der Waals surface area (Å²) in [5.74, 6) is -1.94. The van der Waals surface area contributed by atoms with Crippen LogP contribution < -0.4 is 44.0 Å². The zero-order valence-electron chi connectivity index (χ0n) is 53.0. The molecule has 0 radical (unpaired) electrons. The molecule has 0 saturated heterocycles. The van der Waals surface area contributed by atoms with Gasteiger partial charge >= 0.3 is 12.1 Å². The smallest absolute Gasteiger partial charge is 0.415 e. The Morgan fingerprint density at radius 3 is 2.23 bits per heavy atom. The van der Waals surface area contributed by atoms with E-state index in [1.54, 1.807) is 59.9 Å². The summed E-state index contributed by atoms with van der Waals surface area (Å²) in [6.07, 6.45) is 7.16. The van der Waals surface area contributed by atoms with Gasteiger partial charge in [0.05, 0.1) is 42.2 Å². The Balaban J connectivity index is 0.797. The first kappa shape index (κ1) is 68.8. The van der Waals surface area contributed by atoms with E-state index in [9.17, 15) is 43.9 Å². The number of carbonyl (C=O) groups is 7. The molecule has 4 amide bonds. The number of amides is 4. The highest BCUT2D eigenvalue weighted by atomic mass is 32.1. The number of aliphatic carboxylic acids is 1. The lowest BCUT2D eigenvalue weighted by atomic mass is 9.35. The van der Waals surface area contributed by atoms with Gasteiger partial charge < -0.3 is 68.4 Å². The largest absolute Gasteiger partial charge is 0.480 e. The number of carboxylic acids is 1. The number of nitrogens with two attached hydrogens (primary N) is 5. The number of fused-ring (bicyclic) bond motifs is 6. The van der Waals surface area contributed by atoms with Gasteiger partial charge in [-0.1, -0.05) is 41.5 Å². The number of thiazole rings is 1. The van der Waals surface area contributed by atoms with Gasteiger partial charge in [0.1, 0.15) is 17.9 Å². The number of nitrogens with zero attached hydrogens (tertiary/aromatic N) is 4. The van der Waals surface area contributed by atoms with E-state index in [1.165, 1.54) is 9.80 Å². The molecule has 4 fully saturated rings. The van der Waals surface area contributed by atoms with E-state index < -0.39 is 51.2 Å². The monoisotopic (exact) mass is 1230 g/mol. The standard InChI is InChI=1S/C64H97N11O11S/c1-38-18-20-59(9)60(66,34-38)21-24-63(69)62(68)23-22-61(67,55(62)39(2)35-64(59,63)70)40(3)14-17-49(77)72-46(56(81)82)13-11-12-25-71-48(76)19-29-84-31-32-85-30-28-75(57(83)86-44-15-16-45-47(33-44)87-50(37-65)73-45)27-26-74(10)51(78)36-58(7,8)52-43(6)53(79)41(4)42(5)54(52)80/h15-16,33,38-40,46,55H,11-14,17-32,34-36,66-70H2,1-10H3,(H,71,76)(H,72,77)(H,81,82)/t38-,39+,40-,46?,55-,59+,60+,61+,62+,63-,64+/m1/s1. The number of Topliss-reactive ketones (excluding diaryl/α,β-unsaturated/α-hetero) is 2. The van der Waals surface area contributed by atoms with Crippen LogP contribution in [0.25, 0.3) is 10.2 Å². The Morgan fingerprint density at radius 2 is 1.54 bits per heavy atom. The van der Waals surface area contributed by atoms with E-state index in [1.807, 2.05) is 6.07 Å². The Kier molecular flexibility index (Phi) is 21.5. The zero-order chi connectivity index (χ0) is 64.2. The van der Waals surface area contributed by atoms with E-state index in [2.05, 4.69) is 43.3 Å². The summed E-state index contributed by atoms with van der Waals surface area (Å²) in [5.41, 5.74) is 34.8. The highest BCUT2D eigenvalue weighted by Crippen LogP contribution is 2.69. The fourth-order valence-corrected chi connectivity index (χ4v) is 16.7. The number of allylic oxidation sites excluding steroid dienone is 4. The van der Waals surface area contributed by atoms with Crippen molar-refractivity contribution in [3.8, 4) is 11.8 Å². The van der Waals surface area contributed by atoms with Crippen molar-refractivity contribution >= 4 is 62.9 Å². The second-order valence-corrected chi connectivity index (χ2v) is 28.2. The molecule has 87 heavy (non-hydrogen) atoms. The maximum atomic E-state index is 13.7. The number of aromatic nitrogens is 1. The summed E-state index contributed by atoms with van der Waals surface area (Å²) in [6.45, 7) is 18.2. The molecule has 0 aliphatic heterocycles. The third-order valence-corrected chi connectivity index (χ3v) is 22.2. The minimum atomic E-state index is -1.14.